The number of benzene rings is 2. The topological polar surface area (TPSA) is 123 Å². The fraction of sp³-hybridized carbons (Fsp3) is 0.424. The number of anilines is 1. The molecule has 0 radical (unpaired) electrons. The Bertz CT molecular complexity index is 1370. The molecule has 0 aliphatic carbocycles. The third-order valence-electron chi connectivity index (χ3n) is 7.45. The molecule has 12 heteroatoms. The molecule has 1 aromatic heterocycles. The van der Waals surface area contributed by atoms with E-state index in [1.807, 2.05) is 24.3 Å². The van der Waals surface area contributed by atoms with Crippen LogP contribution >= 0.6 is 0 Å². The van der Waals surface area contributed by atoms with Gasteiger partial charge in [0.05, 0.1) is 52.4 Å². The van der Waals surface area contributed by atoms with Gasteiger partial charge in [0.25, 0.3) is 0 Å². The highest BCUT2D eigenvalue weighted by molar-refractivity contribution is 5.94. The zero-order valence-corrected chi connectivity index (χ0v) is 26.2. The zero-order valence-electron chi connectivity index (χ0n) is 26.2. The van der Waals surface area contributed by atoms with Gasteiger partial charge in [0.15, 0.2) is 11.5 Å². The monoisotopic (exact) mass is 622 g/mol. The number of carbonyl (C=O) groups excluding carboxylic acids is 3. The maximum Gasteiger partial charge on any atom is 0.338 e. The Kier molecular flexibility index (Phi) is 12.7. The van der Waals surface area contributed by atoms with E-state index < -0.39 is 12.0 Å². The molecular weight excluding hydrogens is 580 g/mol. The molecule has 242 valence electrons. The van der Waals surface area contributed by atoms with E-state index in [2.05, 4.69) is 10.2 Å². The van der Waals surface area contributed by atoms with Crippen molar-refractivity contribution in [2.45, 2.75) is 19.9 Å². The van der Waals surface area contributed by atoms with Gasteiger partial charge in [0.1, 0.15) is 12.3 Å². The van der Waals surface area contributed by atoms with Gasteiger partial charge in [-0.25, -0.2) is 9.59 Å². The molecular formula is C33H42N4O8. The molecule has 0 bridgehead atoms. The molecule has 4 rings (SSSR count). The van der Waals surface area contributed by atoms with Crippen molar-refractivity contribution in [3.63, 3.8) is 0 Å². The number of esters is 1. The van der Waals surface area contributed by atoms with Crippen LogP contribution in [-0.4, -0.2) is 106 Å². The number of hydrogen-bond acceptors (Lipinski definition) is 9. The van der Waals surface area contributed by atoms with E-state index >= 15 is 0 Å². The summed E-state index contributed by atoms with van der Waals surface area (Å²) in [6.45, 7) is 6.23. The summed E-state index contributed by atoms with van der Waals surface area (Å²) < 4.78 is 26.9. The Morgan fingerprint density at radius 2 is 1.69 bits per heavy atom. The molecule has 12 nitrogen and oxygen atoms in total. The highest BCUT2D eigenvalue weighted by atomic mass is 16.5. The molecule has 45 heavy (non-hydrogen) atoms. The lowest BCUT2D eigenvalue weighted by molar-refractivity contribution is -0.132. The molecule has 1 aliphatic heterocycles. The van der Waals surface area contributed by atoms with Crippen LogP contribution in [0.4, 0.5) is 10.5 Å². The fourth-order valence-electron chi connectivity index (χ4n) is 4.89. The van der Waals surface area contributed by atoms with Gasteiger partial charge in [-0.2, -0.15) is 0 Å². The predicted molar refractivity (Wildman–Crippen MR) is 168 cm³/mol. The smallest absolute Gasteiger partial charge is 0.338 e. The summed E-state index contributed by atoms with van der Waals surface area (Å²) in [5.41, 5.74) is 1.85. The molecule has 0 spiro atoms. The fourth-order valence-corrected chi connectivity index (χ4v) is 4.89. The Morgan fingerprint density at radius 1 is 0.933 bits per heavy atom. The van der Waals surface area contributed by atoms with Crippen molar-refractivity contribution in [3.8, 4) is 11.5 Å². The first-order valence-corrected chi connectivity index (χ1v) is 15.0. The molecule has 3 aromatic rings. The van der Waals surface area contributed by atoms with E-state index in [0.717, 1.165) is 18.7 Å². The summed E-state index contributed by atoms with van der Waals surface area (Å²) in [5.74, 6) is 1.23. The number of hydrogen-bond donors (Lipinski definition) is 1. The lowest BCUT2D eigenvalue weighted by atomic mass is 10.1. The van der Waals surface area contributed by atoms with Crippen LogP contribution in [0, 0.1) is 0 Å². The standard InChI is InChI=1S/C33H42N4O8/c1-4-44-32(39)26-8-10-27(11-9-26)34-33(40)37(16-15-35-17-20-43-21-18-35)24-31(38)36(23-28-6-5-19-45-28)14-13-25-7-12-29(41-2)30(22-25)42-3/h5-12,19,22H,4,13-18,20-21,23-24H2,1-3H3,(H,34,40). The van der Waals surface area contributed by atoms with Gasteiger partial charge in [0.2, 0.25) is 5.91 Å². The number of methoxy groups -OCH3 is 2. The van der Waals surface area contributed by atoms with Gasteiger partial charge in [-0.15, -0.1) is 0 Å². The van der Waals surface area contributed by atoms with E-state index in [9.17, 15) is 14.4 Å². The molecule has 1 N–H and O–H groups in total. The number of morpholine rings is 1. The number of nitrogens with one attached hydrogen (secondary N) is 1. The second-order valence-corrected chi connectivity index (χ2v) is 10.4. The first-order chi connectivity index (χ1) is 21.9. The molecule has 0 unspecified atom stereocenters. The first kappa shape index (κ1) is 33.3. The Labute approximate surface area is 263 Å². The van der Waals surface area contributed by atoms with Crippen LogP contribution in [0.5, 0.6) is 11.5 Å². The predicted octanol–water partition coefficient (Wildman–Crippen LogP) is 3.91. The van der Waals surface area contributed by atoms with Crippen molar-refractivity contribution in [2.75, 3.05) is 78.6 Å². The minimum absolute atomic E-state index is 0.135. The van der Waals surface area contributed by atoms with Crippen LogP contribution in [0.1, 0.15) is 28.6 Å². The van der Waals surface area contributed by atoms with Gasteiger partial charge in [-0.3, -0.25) is 9.69 Å². The van der Waals surface area contributed by atoms with Crippen molar-refractivity contribution < 1.29 is 37.7 Å². The minimum atomic E-state index is -0.433. The van der Waals surface area contributed by atoms with Gasteiger partial charge >= 0.3 is 12.0 Å². The maximum atomic E-state index is 13.8. The van der Waals surface area contributed by atoms with Crippen LogP contribution in [0.25, 0.3) is 0 Å². The maximum absolute atomic E-state index is 13.8. The van der Waals surface area contributed by atoms with Crippen molar-refractivity contribution >= 4 is 23.6 Å². The number of rotatable bonds is 15. The highest BCUT2D eigenvalue weighted by Crippen LogP contribution is 2.28. The number of carbonyl (C=O) groups is 3. The molecule has 1 aliphatic rings. The van der Waals surface area contributed by atoms with Gasteiger partial charge < -0.3 is 38.5 Å². The molecule has 0 saturated carbocycles. The van der Waals surface area contributed by atoms with Gasteiger partial charge in [-0.1, -0.05) is 6.07 Å². The molecule has 3 amide bonds. The van der Waals surface area contributed by atoms with Crippen LogP contribution < -0.4 is 14.8 Å². The van der Waals surface area contributed by atoms with Gasteiger partial charge in [0, 0.05) is 38.4 Å². The number of nitrogens with zero attached hydrogens (tertiary/aromatic N) is 3. The number of amides is 3. The summed E-state index contributed by atoms with van der Waals surface area (Å²) in [6, 6.07) is 15.3. The van der Waals surface area contributed by atoms with Crippen molar-refractivity contribution in [1.29, 1.82) is 0 Å². The second-order valence-electron chi connectivity index (χ2n) is 10.4. The quantitative estimate of drug-likeness (QED) is 0.251. The lowest BCUT2D eigenvalue weighted by Crippen LogP contribution is -2.48. The molecule has 1 fully saturated rings. The Morgan fingerprint density at radius 3 is 2.36 bits per heavy atom. The average Bonchev–Trinajstić information content (AvgIpc) is 3.58. The third kappa shape index (κ3) is 9.98. The number of ether oxygens (including phenoxy) is 4. The van der Waals surface area contributed by atoms with Crippen molar-refractivity contribution in [3.05, 3.63) is 77.7 Å². The van der Waals surface area contributed by atoms with E-state index in [4.69, 9.17) is 23.4 Å². The second kappa shape index (κ2) is 17.1. The van der Waals surface area contributed by atoms with Crippen LogP contribution in [0.15, 0.2) is 65.3 Å². The summed E-state index contributed by atoms with van der Waals surface area (Å²) in [6.07, 6.45) is 2.13. The molecule has 2 aromatic carbocycles. The number of furan rings is 1. The van der Waals surface area contributed by atoms with E-state index in [-0.39, 0.29) is 25.6 Å². The van der Waals surface area contributed by atoms with E-state index in [1.165, 1.54) is 4.90 Å². The normalized spacial score (nSPS) is 13.1. The third-order valence-corrected chi connectivity index (χ3v) is 7.45. The molecule has 2 heterocycles. The average molecular weight is 623 g/mol. The van der Waals surface area contributed by atoms with Gasteiger partial charge in [-0.05, 0) is 67.4 Å². The van der Waals surface area contributed by atoms with Crippen molar-refractivity contribution in [1.82, 2.24) is 14.7 Å². The van der Waals surface area contributed by atoms with Crippen LogP contribution in [-0.2, 0) is 27.2 Å². The summed E-state index contributed by atoms with van der Waals surface area (Å²) in [4.78, 5) is 44.9. The minimum Gasteiger partial charge on any atom is -0.493 e. The van der Waals surface area contributed by atoms with Crippen LogP contribution in [0.3, 0.4) is 0 Å². The Hall–Kier alpha value is -4.55. The number of urea groups is 1. The molecule has 1 saturated heterocycles. The summed E-state index contributed by atoms with van der Waals surface area (Å²) in [5, 5.41) is 2.88. The van der Waals surface area contributed by atoms with Crippen molar-refractivity contribution in [2.24, 2.45) is 0 Å². The SMILES string of the molecule is CCOC(=O)c1ccc(NC(=O)N(CCN2CCOCC2)CC(=O)N(CCc2ccc(OC)c(OC)c2)Cc2ccco2)cc1. The van der Waals surface area contributed by atoms with E-state index in [1.54, 1.807) is 62.6 Å². The summed E-state index contributed by atoms with van der Waals surface area (Å²) in [7, 11) is 3.17. The summed E-state index contributed by atoms with van der Waals surface area (Å²) >= 11 is 0. The first-order valence-electron chi connectivity index (χ1n) is 15.0. The Balaban J connectivity index is 1.48. The van der Waals surface area contributed by atoms with Crippen LogP contribution in [0.2, 0.25) is 0 Å². The highest BCUT2D eigenvalue weighted by Gasteiger charge is 2.24. The van der Waals surface area contributed by atoms with E-state index in [0.29, 0.717) is 67.8 Å². The lowest BCUT2D eigenvalue weighted by Gasteiger charge is -2.31. The largest absolute Gasteiger partial charge is 0.493 e. The molecule has 0 atom stereocenters. The zero-order chi connectivity index (χ0) is 32.0.